The summed E-state index contributed by atoms with van der Waals surface area (Å²) in [5, 5.41) is 13.2. The van der Waals surface area contributed by atoms with E-state index in [9.17, 15) is 37.5 Å². The number of likely N-dealkylation sites (tertiary alicyclic amines) is 2. The number of rotatable bonds is 8. The molecule has 53 heavy (non-hydrogen) atoms. The first-order chi connectivity index (χ1) is 25.3. The van der Waals surface area contributed by atoms with Crippen LogP contribution in [0.3, 0.4) is 0 Å². The molecule has 2 aromatic carbocycles. The number of Topliss-reactive ketones (excluding diaryl/α,β-unsaturated/α-hetero) is 1. The van der Waals surface area contributed by atoms with Crippen molar-refractivity contribution in [2.24, 2.45) is 0 Å². The topological polar surface area (TPSA) is 126 Å². The van der Waals surface area contributed by atoms with Crippen molar-refractivity contribution in [3.05, 3.63) is 52.0 Å². The van der Waals surface area contributed by atoms with Gasteiger partial charge in [-0.3, -0.25) is 19.4 Å². The molecule has 4 aliphatic rings. The van der Waals surface area contributed by atoms with Crippen molar-refractivity contribution in [3.63, 3.8) is 0 Å². The van der Waals surface area contributed by atoms with E-state index < -0.39 is 30.7 Å². The van der Waals surface area contributed by atoms with E-state index >= 15 is 0 Å². The SMILES string of the molecule is [B]c1cc(C[C@@H](OC(=O)N2CCC(N3CCc4ccccc4NC3=O)CC2)C(=O)N2CCC(N3CCN(CC(=O)C(F)(F)F)CC3)CC2)cc(Br)c1O. The van der Waals surface area contributed by atoms with Gasteiger partial charge in [-0.15, -0.1) is 0 Å². The number of carbonyl (C=O) groups excluding carboxylic acids is 4. The summed E-state index contributed by atoms with van der Waals surface area (Å²) in [5.41, 5.74) is 2.58. The molecule has 3 saturated heterocycles. The minimum absolute atomic E-state index is 0.0250. The molecule has 12 nitrogen and oxygen atoms in total. The van der Waals surface area contributed by atoms with E-state index in [1.165, 1.54) is 4.90 Å². The number of ketones is 1. The summed E-state index contributed by atoms with van der Waals surface area (Å²) in [6.07, 6.45) is -3.52. The van der Waals surface area contributed by atoms with Crippen LogP contribution in [0.5, 0.6) is 5.75 Å². The summed E-state index contributed by atoms with van der Waals surface area (Å²) < 4.78 is 44.5. The first-order valence-corrected chi connectivity index (χ1v) is 18.8. The zero-order chi connectivity index (χ0) is 37.9. The van der Waals surface area contributed by atoms with Gasteiger partial charge in [-0.25, -0.2) is 9.59 Å². The normalized spacial score (nSPS) is 20.4. The molecule has 3 fully saturated rings. The number of amides is 4. The number of aromatic hydroxyl groups is 1. The van der Waals surface area contributed by atoms with E-state index in [0.717, 1.165) is 17.7 Å². The second-order valence-electron chi connectivity index (χ2n) is 14.1. The van der Waals surface area contributed by atoms with Crippen LogP contribution >= 0.6 is 15.9 Å². The van der Waals surface area contributed by atoms with Crippen molar-refractivity contribution in [2.75, 3.05) is 70.8 Å². The number of fused-ring (bicyclic) bond motifs is 1. The van der Waals surface area contributed by atoms with E-state index in [1.54, 1.807) is 21.9 Å². The van der Waals surface area contributed by atoms with Crippen molar-refractivity contribution in [2.45, 2.75) is 62.9 Å². The molecule has 1 atom stereocenters. The highest BCUT2D eigenvalue weighted by Crippen LogP contribution is 2.27. The smallest absolute Gasteiger partial charge is 0.451 e. The fraction of sp³-hybridized carbons (Fsp3) is 0.556. The average Bonchev–Trinajstić information content (AvgIpc) is 3.31. The number of phenols is 1. The van der Waals surface area contributed by atoms with Crippen LogP contribution in [0.25, 0.3) is 0 Å². The third kappa shape index (κ3) is 9.46. The summed E-state index contributed by atoms with van der Waals surface area (Å²) >= 11 is 3.29. The van der Waals surface area contributed by atoms with Crippen molar-refractivity contribution >= 4 is 58.7 Å². The number of piperazine rings is 1. The zero-order valence-corrected chi connectivity index (χ0v) is 30.9. The Hall–Kier alpha value is -3.83. The number of alkyl halides is 3. The van der Waals surface area contributed by atoms with Gasteiger partial charge in [0, 0.05) is 83.1 Å². The monoisotopic (exact) mass is 802 g/mol. The predicted molar refractivity (Wildman–Crippen MR) is 194 cm³/mol. The molecule has 2 aromatic rings. The maximum absolute atomic E-state index is 14.0. The fourth-order valence-electron chi connectivity index (χ4n) is 7.72. The Morgan fingerprint density at radius 1 is 0.925 bits per heavy atom. The average molecular weight is 803 g/mol. The highest BCUT2D eigenvalue weighted by Gasteiger charge is 2.40. The zero-order valence-electron chi connectivity index (χ0n) is 29.3. The number of nitrogens with zero attached hydrogens (tertiary/aromatic N) is 5. The highest BCUT2D eigenvalue weighted by molar-refractivity contribution is 9.10. The van der Waals surface area contributed by atoms with Crippen LogP contribution in [0.1, 0.15) is 36.8 Å². The van der Waals surface area contributed by atoms with E-state index in [4.69, 9.17) is 12.6 Å². The van der Waals surface area contributed by atoms with Gasteiger partial charge in [-0.1, -0.05) is 29.7 Å². The number of anilines is 1. The first kappa shape index (κ1) is 38.9. The minimum Gasteiger partial charge on any atom is -0.507 e. The lowest BCUT2D eigenvalue weighted by atomic mass is 9.91. The van der Waals surface area contributed by atoms with Crippen LogP contribution in [-0.4, -0.2) is 151 Å². The number of nitrogens with one attached hydrogen (secondary N) is 1. The Balaban J connectivity index is 1.05. The molecule has 0 unspecified atom stereocenters. The molecule has 2 radical (unpaired) electrons. The molecule has 0 aromatic heterocycles. The van der Waals surface area contributed by atoms with E-state index in [2.05, 4.69) is 26.1 Å². The van der Waals surface area contributed by atoms with Crippen LogP contribution in [0, 0.1) is 0 Å². The van der Waals surface area contributed by atoms with Gasteiger partial charge >= 0.3 is 18.3 Å². The molecule has 0 spiro atoms. The van der Waals surface area contributed by atoms with Crippen LogP contribution < -0.4 is 10.8 Å². The third-order valence-electron chi connectivity index (χ3n) is 10.8. The van der Waals surface area contributed by atoms with Gasteiger partial charge in [-0.2, -0.15) is 13.2 Å². The number of piperidine rings is 2. The van der Waals surface area contributed by atoms with Crippen LogP contribution in [0.15, 0.2) is 40.9 Å². The molecule has 4 aliphatic heterocycles. The van der Waals surface area contributed by atoms with Gasteiger partial charge in [0.2, 0.25) is 5.78 Å². The number of phenolic OH excluding ortho intramolecular Hbond substituents is 1. The number of hydrogen-bond acceptors (Lipinski definition) is 8. The molecule has 4 amide bonds. The van der Waals surface area contributed by atoms with Crippen molar-refractivity contribution in [3.8, 4) is 5.75 Å². The third-order valence-corrected chi connectivity index (χ3v) is 11.4. The number of urea groups is 1. The molecule has 6 rings (SSSR count). The largest absolute Gasteiger partial charge is 0.507 e. The Labute approximate surface area is 316 Å². The van der Waals surface area contributed by atoms with Gasteiger partial charge in [0.25, 0.3) is 5.91 Å². The lowest BCUT2D eigenvalue weighted by Crippen LogP contribution is -2.56. The summed E-state index contributed by atoms with van der Waals surface area (Å²) in [6, 6.07) is 10.8. The molecule has 284 valence electrons. The first-order valence-electron chi connectivity index (χ1n) is 18.0. The van der Waals surface area contributed by atoms with Crippen LogP contribution in [0.2, 0.25) is 0 Å². The highest BCUT2D eigenvalue weighted by atomic mass is 79.9. The number of carbonyl (C=O) groups is 4. The summed E-state index contributed by atoms with van der Waals surface area (Å²) in [5.74, 6) is -2.23. The fourth-order valence-corrected chi connectivity index (χ4v) is 8.24. The molecule has 0 bridgehead atoms. The molecule has 0 aliphatic carbocycles. The van der Waals surface area contributed by atoms with Crippen LogP contribution in [0.4, 0.5) is 28.4 Å². The summed E-state index contributed by atoms with van der Waals surface area (Å²) in [6.45, 7) is 3.16. The number of hydrogen-bond donors (Lipinski definition) is 2. The van der Waals surface area contributed by atoms with Crippen LogP contribution in [-0.2, 0) is 27.2 Å². The van der Waals surface area contributed by atoms with E-state index in [0.29, 0.717) is 94.6 Å². The Morgan fingerprint density at radius 3 is 2.23 bits per heavy atom. The molecule has 0 saturated carbocycles. The molecular weight excluding hydrogens is 760 g/mol. The van der Waals surface area contributed by atoms with Gasteiger partial charge < -0.3 is 29.9 Å². The summed E-state index contributed by atoms with van der Waals surface area (Å²) in [7, 11) is 5.99. The Bertz CT molecular complexity index is 1660. The summed E-state index contributed by atoms with van der Waals surface area (Å²) in [4.78, 5) is 60.9. The maximum atomic E-state index is 14.0. The van der Waals surface area contributed by atoms with Crippen molar-refractivity contribution < 1.29 is 42.2 Å². The molecule has 4 heterocycles. The van der Waals surface area contributed by atoms with Gasteiger partial charge in [0.05, 0.1) is 11.0 Å². The van der Waals surface area contributed by atoms with Gasteiger partial charge in [0.1, 0.15) is 13.6 Å². The molecule has 17 heteroatoms. The quantitative estimate of drug-likeness (QED) is 0.390. The maximum Gasteiger partial charge on any atom is 0.451 e. The van der Waals surface area contributed by atoms with E-state index in [-0.39, 0.29) is 41.7 Å². The second-order valence-corrected chi connectivity index (χ2v) is 15.0. The standard InChI is InChI=1S/C36H43BBrF3N6O6/c37-27-19-23(20-28(38)32(27)49)21-30(33(50)45-10-6-25(7-11-45)44-17-15-43(16-18-44)22-31(48)36(39,40)41)53-35(52)46-12-8-26(9-13-46)47-14-5-24-3-1-2-4-29(24)42-34(47)51/h1-4,19-20,25-26,30,49H,5-18,21-22H2,(H,42,51)/t30-/m1/s1. The Morgan fingerprint density at radius 2 is 1.57 bits per heavy atom. The second kappa shape index (κ2) is 16.7. The Kier molecular flexibility index (Phi) is 12.2. The minimum atomic E-state index is -4.84. The molecular formula is C36H43BBrF3N6O6. The van der Waals surface area contributed by atoms with Gasteiger partial charge in [0.15, 0.2) is 6.10 Å². The lowest BCUT2D eigenvalue weighted by molar-refractivity contribution is -0.172. The number of benzene rings is 2. The number of ether oxygens (including phenoxy) is 1. The number of para-hydroxylation sites is 1. The number of halogens is 4. The van der Waals surface area contributed by atoms with Crippen molar-refractivity contribution in [1.82, 2.24) is 24.5 Å². The van der Waals surface area contributed by atoms with Crippen molar-refractivity contribution in [1.29, 1.82) is 0 Å². The predicted octanol–water partition coefficient (Wildman–Crippen LogP) is 3.29. The lowest BCUT2D eigenvalue weighted by Gasteiger charge is -2.43. The van der Waals surface area contributed by atoms with Gasteiger partial charge in [-0.05, 0) is 71.3 Å². The molecule has 2 N–H and O–H groups in total. The van der Waals surface area contributed by atoms with E-state index in [1.807, 2.05) is 29.2 Å².